The largest absolute Gasteiger partial charge is 0.496 e. The molecule has 0 fully saturated rings. The van der Waals surface area contributed by atoms with E-state index in [1.54, 1.807) is 31.4 Å². The smallest absolute Gasteiger partial charge is 0.262 e. The fourth-order valence-electron chi connectivity index (χ4n) is 2.42. The van der Waals surface area contributed by atoms with Crippen LogP contribution in [0.3, 0.4) is 0 Å². The molecular weight excluding hydrogens is 390 g/mol. The van der Waals surface area contributed by atoms with Crippen LogP contribution in [0.25, 0.3) is 10.9 Å². The van der Waals surface area contributed by atoms with Gasteiger partial charge in [-0.15, -0.1) is 0 Å². The first-order chi connectivity index (χ1) is 11.5. The summed E-state index contributed by atoms with van der Waals surface area (Å²) in [5.41, 5.74) is 1.92. The number of ether oxygens (including phenoxy) is 1. The minimum absolute atomic E-state index is 0.191. The van der Waals surface area contributed by atoms with E-state index < -0.39 is 0 Å². The van der Waals surface area contributed by atoms with Gasteiger partial charge in [-0.3, -0.25) is 9.36 Å². The van der Waals surface area contributed by atoms with Crippen molar-refractivity contribution in [2.24, 2.45) is 0 Å². The van der Waals surface area contributed by atoms with Gasteiger partial charge < -0.3 is 9.72 Å². The van der Waals surface area contributed by atoms with E-state index in [4.69, 9.17) is 22.2 Å². The maximum atomic E-state index is 12.8. The molecule has 1 heterocycles. The molecule has 0 atom stereocenters. The third-order valence-electron chi connectivity index (χ3n) is 3.68. The van der Waals surface area contributed by atoms with Crippen LogP contribution in [0.1, 0.15) is 11.1 Å². The van der Waals surface area contributed by atoms with Crippen LogP contribution < -0.4 is 10.3 Å². The molecule has 120 valence electrons. The lowest BCUT2D eigenvalue weighted by Gasteiger charge is -2.10. The van der Waals surface area contributed by atoms with Crippen molar-refractivity contribution in [2.75, 3.05) is 7.11 Å². The fraction of sp³-hybridized carbons (Fsp3) is 0.118. The van der Waals surface area contributed by atoms with Gasteiger partial charge in [0.25, 0.3) is 5.56 Å². The van der Waals surface area contributed by atoms with E-state index in [0.29, 0.717) is 33.5 Å². The van der Waals surface area contributed by atoms with Crippen molar-refractivity contribution in [3.8, 4) is 11.8 Å². The predicted octanol–water partition coefficient (Wildman–Crippen LogP) is 3.75. The normalized spacial score (nSPS) is 10.5. The highest BCUT2D eigenvalue weighted by Crippen LogP contribution is 2.28. The average molecular weight is 402 g/mol. The summed E-state index contributed by atoms with van der Waals surface area (Å²) in [6.07, 6.45) is 0. The Balaban J connectivity index is 2.14. The number of aromatic nitrogens is 2. The number of hydrogen-bond donors (Lipinski definition) is 1. The number of nitrogens with one attached hydrogen (secondary N) is 1. The molecule has 0 aliphatic heterocycles. The van der Waals surface area contributed by atoms with Crippen LogP contribution in [0.15, 0.2) is 45.7 Å². The van der Waals surface area contributed by atoms with Gasteiger partial charge in [0.1, 0.15) is 5.75 Å². The summed E-state index contributed by atoms with van der Waals surface area (Å²) in [5, 5.41) is 9.35. The van der Waals surface area contributed by atoms with E-state index in [1.165, 1.54) is 4.57 Å². The molecule has 0 radical (unpaired) electrons. The molecule has 24 heavy (non-hydrogen) atoms. The lowest BCUT2D eigenvalue weighted by Crippen LogP contribution is -2.22. The Morgan fingerprint density at radius 3 is 2.67 bits per heavy atom. The number of nitriles is 1. The van der Waals surface area contributed by atoms with Gasteiger partial charge in [-0.2, -0.15) is 5.26 Å². The Morgan fingerprint density at radius 2 is 2.04 bits per heavy atom. The first kappa shape index (κ1) is 16.4. The zero-order chi connectivity index (χ0) is 17.3. The van der Waals surface area contributed by atoms with Gasteiger partial charge in [0.2, 0.25) is 0 Å². The molecule has 0 unspecified atom stereocenters. The summed E-state index contributed by atoms with van der Waals surface area (Å²) >= 11 is 8.73. The number of halogens is 1. The average Bonchev–Trinajstić information content (AvgIpc) is 2.59. The zero-order valence-corrected chi connectivity index (χ0v) is 15.1. The molecule has 7 heteroatoms. The second kappa shape index (κ2) is 6.59. The summed E-state index contributed by atoms with van der Waals surface area (Å²) in [6.45, 7) is 0.328. The summed E-state index contributed by atoms with van der Waals surface area (Å²) < 4.78 is 7.83. The van der Waals surface area contributed by atoms with Gasteiger partial charge in [0, 0.05) is 0 Å². The SMILES string of the molecule is COc1cc2c(=O)n(Cc3ccc(C#N)cc3)c(=S)[nH]c2cc1Br. The number of fused-ring (bicyclic) bond motifs is 1. The molecular formula is C17H12BrN3O2S. The highest BCUT2D eigenvalue weighted by molar-refractivity contribution is 9.10. The zero-order valence-electron chi connectivity index (χ0n) is 12.7. The molecule has 1 aromatic heterocycles. The molecule has 3 rings (SSSR count). The van der Waals surface area contributed by atoms with Crippen molar-refractivity contribution in [3.63, 3.8) is 0 Å². The van der Waals surface area contributed by atoms with Gasteiger partial charge in [-0.25, -0.2) is 0 Å². The maximum absolute atomic E-state index is 12.8. The fourth-order valence-corrected chi connectivity index (χ4v) is 3.18. The highest BCUT2D eigenvalue weighted by atomic mass is 79.9. The molecule has 0 saturated carbocycles. The van der Waals surface area contributed by atoms with Gasteiger partial charge in [-0.1, -0.05) is 12.1 Å². The van der Waals surface area contributed by atoms with E-state index in [9.17, 15) is 4.79 Å². The van der Waals surface area contributed by atoms with E-state index in [2.05, 4.69) is 27.0 Å². The number of methoxy groups -OCH3 is 1. The molecule has 2 aromatic carbocycles. The third-order valence-corrected chi connectivity index (χ3v) is 4.62. The van der Waals surface area contributed by atoms with Crippen LogP contribution in [0.4, 0.5) is 0 Å². The maximum Gasteiger partial charge on any atom is 0.262 e. The van der Waals surface area contributed by atoms with E-state index in [0.717, 1.165) is 10.0 Å². The minimum atomic E-state index is -0.191. The molecule has 3 aromatic rings. The van der Waals surface area contributed by atoms with E-state index >= 15 is 0 Å². The first-order valence-corrected chi connectivity index (χ1v) is 8.23. The highest BCUT2D eigenvalue weighted by Gasteiger charge is 2.10. The molecule has 0 aliphatic carbocycles. The van der Waals surface area contributed by atoms with Crippen LogP contribution in [0, 0.1) is 16.1 Å². The van der Waals surface area contributed by atoms with Crippen molar-refractivity contribution >= 4 is 39.1 Å². The number of hydrogen-bond acceptors (Lipinski definition) is 4. The van der Waals surface area contributed by atoms with E-state index in [-0.39, 0.29) is 5.56 Å². The lowest BCUT2D eigenvalue weighted by molar-refractivity contribution is 0.412. The second-order valence-electron chi connectivity index (χ2n) is 5.16. The topological polar surface area (TPSA) is 70.8 Å². The Labute approximate surface area is 151 Å². The van der Waals surface area contributed by atoms with Crippen LogP contribution in [-0.2, 0) is 6.54 Å². The van der Waals surface area contributed by atoms with Crippen LogP contribution in [0.2, 0.25) is 0 Å². The van der Waals surface area contributed by atoms with Crippen molar-refractivity contribution in [2.45, 2.75) is 6.54 Å². The van der Waals surface area contributed by atoms with Gasteiger partial charge >= 0.3 is 0 Å². The molecule has 1 N–H and O–H groups in total. The molecule has 0 bridgehead atoms. The third kappa shape index (κ3) is 2.98. The van der Waals surface area contributed by atoms with Crippen LogP contribution >= 0.6 is 28.1 Å². The molecule has 0 spiro atoms. The van der Waals surface area contributed by atoms with Gasteiger partial charge in [0.05, 0.1) is 40.7 Å². The number of rotatable bonds is 3. The van der Waals surface area contributed by atoms with Crippen molar-refractivity contribution in [1.29, 1.82) is 5.26 Å². The number of nitrogens with zero attached hydrogens (tertiary/aromatic N) is 2. The monoisotopic (exact) mass is 401 g/mol. The molecule has 5 nitrogen and oxygen atoms in total. The van der Waals surface area contributed by atoms with Crippen LogP contribution in [-0.4, -0.2) is 16.7 Å². The van der Waals surface area contributed by atoms with Crippen molar-refractivity contribution < 1.29 is 4.74 Å². The summed E-state index contributed by atoms with van der Waals surface area (Å²) in [7, 11) is 1.55. The van der Waals surface area contributed by atoms with Gasteiger partial charge in [0.15, 0.2) is 4.77 Å². The Bertz CT molecular complexity index is 1080. The number of benzene rings is 2. The quantitative estimate of drug-likeness (QED) is 0.678. The first-order valence-electron chi connectivity index (χ1n) is 7.03. The van der Waals surface area contributed by atoms with E-state index in [1.807, 2.05) is 12.1 Å². The molecule has 0 amide bonds. The number of H-pyrrole nitrogens is 1. The number of aromatic amines is 1. The lowest BCUT2D eigenvalue weighted by atomic mass is 10.1. The summed E-state index contributed by atoms with van der Waals surface area (Å²) in [4.78, 5) is 15.9. The Kier molecular flexibility index (Phi) is 4.51. The van der Waals surface area contributed by atoms with Crippen LogP contribution in [0.5, 0.6) is 5.75 Å². The summed E-state index contributed by atoms with van der Waals surface area (Å²) in [6, 6.07) is 12.6. The summed E-state index contributed by atoms with van der Waals surface area (Å²) in [5.74, 6) is 0.579. The van der Waals surface area contributed by atoms with Gasteiger partial charge in [-0.05, 0) is 58.0 Å². The second-order valence-corrected chi connectivity index (χ2v) is 6.40. The van der Waals surface area contributed by atoms with Crippen molar-refractivity contribution in [3.05, 3.63) is 67.1 Å². The Morgan fingerprint density at radius 1 is 1.33 bits per heavy atom. The standard InChI is InChI=1S/C17H12BrN3O2S/c1-23-15-6-12-14(7-13(15)18)20-17(24)21(16(12)22)9-11-4-2-10(8-19)3-5-11/h2-7H,9H2,1H3,(H,20,24). The minimum Gasteiger partial charge on any atom is -0.496 e. The molecule has 0 saturated heterocycles. The van der Waals surface area contributed by atoms with Crippen molar-refractivity contribution in [1.82, 2.24) is 9.55 Å². The predicted molar refractivity (Wildman–Crippen MR) is 97.9 cm³/mol. The Hall–Kier alpha value is -2.43. The molecule has 0 aliphatic rings.